The van der Waals surface area contributed by atoms with Gasteiger partial charge < -0.3 is 9.47 Å². The molecule has 0 heterocycles. The van der Waals surface area contributed by atoms with E-state index in [1.165, 1.54) is 0 Å². The number of nitrogens with one attached hydrogen (secondary N) is 1. The molecule has 0 unspecified atom stereocenters. The number of para-hydroxylation sites is 2. The lowest BCUT2D eigenvalue weighted by Gasteiger charge is -2.10. The van der Waals surface area contributed by atoms with E-state index in [1.54, 1.807) is 24.3 Å². The molecule has 0 atom stereocenters. The van der Waals surface area contributed by atoms with Crippen LogP contribution in [0.2, 0.25) is 0 Å². The summed E-state index contributed by atoms with van der Waals surface area (Å²) in [6, 6.07) is 18.4. The van der Waals surface area contributed by atoms with Crippen LogP contribution in [-0.4, -0.2) is 10.3 Å². The van der Waals surface area contributed by atoms with Crippen molar-refractivity contribution in [1.82, 2.24) is 5.32 Å². The molecule has 2 aromatic carbocycles. The summed E-state index contributed by atoms with van der Waals surface area (Å²) in [4.78, 5) is 0. The van der Waals surface area contributed by atoms with E-state index in [0.29, 0.717) is 11.5 Å². The molecule has 5 heteroatoms. The highest BCUT2D eigenvalue weighted by atomic mass is 32.1. The third-order valence-corrected chi connectivity index (χ3v) is 2.48. The summed E-state index contributed by atoms with van der Waals surface area (Å²) in [6.45, 7) is 0. The largest absolute Gasteiger partial charge is 0.432 e. The van der Waals surface area contributed by atoms with Gasteiger partial charge in [-0.3, -0.25) is 5.32 Å². The van der Waals surface area contributed by atoms with Crippen molar-refractivity contribution in [3.8, 4) is 11.5 Å². The van der Waals surface area contributed by atoms with Gasteiger partial charge in [-0.2, -0.15) is 0 Å². The number of benzene rings is 2. The lowest BCUT2D eigenvalue weighted by Crippen LogP contribution is -2.34. The first-order chi connectivity index (χ1) is 9.24. The minimum absolute atomic E-state index is 0.145. The van der Waals surface area contributed by atoms with Crippen LogP contribution in [0.15, 0.2) is 60.7 Å². The summed E-state index contributed by atoms with van der Waals surface area (Å²) >= 11 is 10.1. The van der Waals surface area contributed by atoms with Crippen molar-refractivity contribution >= 4 is 34.8 Å². The van der Waals surface area contributed by atoms with Gasteiger partial charge in [0.2, 0.25) is 0 Å². The Morgan fingerprint density at radius 3 is 1.42 bits per heavy atom. The van der Waals surface area contributed by atoms with Crippen LogP contribution in [0, 0.1) is 0 Å². The van der Waals surface area contributed by atoms with Crippen LogP contribution in [0.3, 0.4) is 0 Å². The Hall–Kier alpha value is -1.98. The SMILES string of the molecule is S=C(NC(=S)Oc1ccccc1)Oc1ccccc1. The normalized spacial score (nSPS) is 9.47. The van der Waals surface area contributed by atoms with Gasteiger partial charge in [-0.15, -0.1) is 0 Å². The van der Waals surface area contributed by atoms with Crippen LogP contribution >= 0.6 is 24.4 Å². The monoisotopic (exact) mass is 289 g/mol. The Morgan fingerprint density at radius 2 is 1.05 bits per heavy atom. The Morgan fingerprint density at radius 1 is 0.684 bits per heavy atom. The first kappa shape index (κ1) is 13.5. The molecule has 3 nitrogen and oxygen atoms in total. The van der Waals surface area contributed by atoms with Crippen molar-refractivity contribution in [3.05, 3.63) is 60.7 Å². The number of rotatable bonds is 2. The third kappa shape index (κ3) is 4.65. The molecule has 96 valence electrons. The van der Waals surface area contributed by atoms with Gasteiger partial charge in [0.15, 0.2) is 0 Å². The molecule has 0 aliphatic rings. The molecule has 0 spiro atoms. The molecule has 19 heavy (non-hydrogen) atoms. The maximum Gasteiger partial charge on any atom is 0.269 e. The van der Waals surface area contributed by atoms with Crippen molar-refractivity contribution < 1.29 is 9.47 Å². The van der Waals surface area contributed by atoms with Crippen molar-refractivity contribution in [2.75, 3.05) is 0 Å². The van der Waals surface area contributed by atoms with Gasteiger partial charge in [-0.1, -0.05) is 36.4 Å². The first-order valence-corrected chi connectivity index (χ1v) is 6.36. The van der Waals surface area contributed by atoms with Crippen molar-refractivity contribution in [3.63, 3.8) is 0 Å². The van der Waals surface area contributed by atoms with E-state index < -0.39 is 0 Å². The van der Waals surface area contributed by atoms with Crippen LogP contribution in [0.5, 0.6) is 11.5 Å². The molecular weight excluding hydrogens is 278 g/mol. The molecule has 0 aliphatic heterocycles. The zero-order chi connectivity index (χ0) is 13.5. The van der Waals surface area contributed by atoms with E-state index in [0.717, 1.165) is 0 Å². The predicted molar refractivity (Wildman–Crippen MR) is 82.5 cm³/mol. The fourth-order valence-corrected chi connectivity index (χ4v) is 1.77. The van der Waals surface area contributed by atoms with Gasteiger partial charge in [-0.05, 0) is 48.7 Å². The highest BCUT2D eigenvalue weighted by molar-refractivity contribution is 7.81. The van der Waals surface area contributed by atoms with Gasteiger partial charge in [-0.25, -0.2) is 0 Å². The highest BCUT2D eigenvalue weighted by Crippen LogP contribution is 2.10. The van der Waals surface area contributed by atoms with E-state index in [2.05, 4.69) is 5.32 Å². The van der Waals surface area contributed by atoms with E-state index in [1.807, 2.05) is 36.4 Å². The van der Waals surface area contributed by atoms with Gasteiger partial charge in [0.25, 0.3) is 10.3 Å². The van der Waals surface area contributed by atoms with Crippen molar-refractivity contribution in [1.29, 1.82) is 0 Å². The molecule has 0 aliphatic carbocycles. The lowest BCUT2D eigenvalue weighted by molar-refractivity contribution is 0.517. The van der Waals surface area contributed by atoms with E-state index in [-0.39, 0.29) is 10.3 Å². The third-order valence-electron chi connectivity index (χ3n) is 2.11. The minimum atomic E-state index is 0.145. The maximum atomic E-state index is 5.38. The van der Waals surface area contributed by atoms with Gasteiger partial charge in [0.1, 0.15) is 11.5 Å². The average Bonchev–Trinajstić information content (AvgIpc) is 2.40. The highest BCUT2D eigenvalue weighted by Gasteiger charge is 2.04. The van der Waals surface area contributed by atoms with Crippen LogP contribution < -0.4 is 14.8 Å². The van der Waals surface area contributed by atoms with E-state index in [9.17, 15) is 0 Å². The lowest BCUT2D eigenvalue weighted by atomic mass is 10.3. The summed E-state index contributed by atoms with van der Waals surface area (Å²) in [5, 5.41) is 2.99. The Balaban J connectivity index is 1.84. The fraction of sp³-hybridized carbons (Fsp3) is 0. The topological polar surface area (TPSA) is 30.5 Å². The molecule has 0 bridgehead atoms. The molecule has 0 amide bonds. The molecule has 2 rings (SSSR count). The van der Waals surface area contributed by atoms with E-state index in [4.69, 9.17) is 33.9 Å². The molecule has 0 saturated carbocycles. The molecule has 0 saturated heterocycles. The number of hydrogen-bond donors (Lipinski definition) is 1. The van der Waals surface area contributed by atoms with E-state index >= 15 is 0 Å². The fourth-order valence-electron chi connectivity index (χ4n) is 1.33. The standard InChI is InChI=1S/C14H11NO2S2/c18-13(16-11-7-3-1-4-8-11)15-14(19)17-12-9-5-2-6-10-12/h1-10H,(H,15,18,19). The number of hydrogen-bond acceptors (Lipinski definition) is 4. The van der Waals surface area contributed by atoms with Crippen LogP contribution in [0.25, 0.3) is 0 Å². The van der Waals surface area contributed by atoms with Gasteiger partial charge in [0.05, 0.1) is 0 Å². The average molecular weight is 289 g/mol. The molecule has 0 aromatic heterocycles. The summed E-state index contributed by atoms with van der Waals surface area (Å²) in [5.41, 5.74) is 0. The Labute approximate surface area is 122 Å². The summed E-state index contributed by atoms with van der Waals surface area (Å²) in [5.74, 6) is 1.28. The van der Waals surface area contributed by atoms with Gasteiger partial charge in [0, 0.05) is 0 Å². The molecule has 2 aromatic rings. The zero-order valence-corrected chi connectivity index (χ0v) is 11.5. The molecule has 1 N–H and O–H groups in total. The Bertz CT molecular complexity index is 507. The van der Waals surface area contributed by atoms with Crippen LogP contribution in [0.4, 0.5) is 0 Å². The molecule has 0 fully saturated rings. The summed E-state index contributed by atoms with van der Waals surface area (Å²) < 4.78 is 10.8. The van der Waals surface area contributed by atoms with Gasteiger partial charge >= 0.3 is 0 Å². The minimum Gasteiger partial charge on any atom is -0.432 e. The molecular formula is C14H11NO2S2. The maximum absolute atomic E-state index is 5.38. The van der Waals surface area contributed by atoms with Crippen molar-refractivity contribution in [2.24, 2.45) is 0 Å². The molecule has 0 radical (unpaired) electrons. The second-order valence-electron chi connectivity index (χ2n) is 3.53. The van der Waals surface area contributed by atoms with Crippen LogP contribution in [-0.2, 0) is 0 Å². The summed E-state index contributed by atoms with van der Waals surface area (Å²) in [6.07, 6.45) is 0. The predicted octanol–water partition coefficient (Wildman–Crippen LogP) is 3.30. The number of ether oxygens (including phenoxy) is 2. The Kier molecular flexibility index (Phi) is 4.83. The second-order valence-corrected chi connectivity index (χ2v) is 4.27. The first-order valence-electron chi connectivity index (χ1n) is 5.55. The summed E-state index contributed by atoms with van der Waals surface area (Å²) in [7, 11) is 0. The zero-order valence-electron chi connectivity index (χ0n) is 9.91. The number of thiocarbonyl (C=S) groups is 2. The van der Waals surface area contributed by atoms with Crippen molar-refractivity contribution in [2.45, 2.75) is 0 Å². The quantitative estimate of drug-likeness (QED) is 0.857. The second kappa shape index (κ2) is 6.82. The van der Waals surface area contributed by atoms with Crippen LogP contribution in [0.1, 0.15) is 0 Å². The smallest absolute Gasteiger partial charge is 0.269 e.